The Morgan fingerprint density at radius 3 is 2.33 bits per heavy atom. The quantitative estimate of drug-likeness (QED) is 0.288. The number of hydrogen-bond acceptors (Lipinski definition) is 9. The Bertz CT molecular complexity index is 1590. The molecule has 0 aromatic heterocycles. The van der Waals surface area contributed by atoms with Gasteiger partial charge in [0.15, 0.2) is 17.2 Å². The van der Waals surface area contributed by atoms with Crippen LogP contribution in [0.15, 0.2) is 70.2 Å². The third-order valence-electron chi connectivity index (χ3n) is 8.10. The van der Waals surface area contributed by atoms with Gasteiger partial charge in [0, 0.05) is 23.8 Å². The topological polar surface area (TPSA) is 188 Å². The fourth-order valence-corrected chi connectivity index (χ4v) is 6.07. The molecule has 2 aromatic rings. The number of aromatic hydroxyl groups is 1. The first-order valence-corrected chi connectivity index (χ1v) is 12.7. The van der Waals surface area contributed by atoms with Gasteiger partial charge in [-0.3, -0.25) is 14.4 Å². The average molecular weight is 545 g/mol. The van der Waals surface area contributed by atoms with Crippen molar-refractivity contribution in [3.05, 3.63) is 92.2 Å². The highest BCUT2D eigenvalue weighted by atomic mass is 16.3. The van der Waals surface area contributed by atoms with Crippen LogP contribution in [0.4, 0.5) is 0 Å². The van der Waals surface area contributed by atoms with Gasteiger partial charge < -0.3 is 26.2 Å². The zero-order valence-corrected chi connectivity index (χ0v) is 22.0. The van der Waals surface area contributed by atoms with Crippen molar-refractivity contribution in [2.45, 2.75) is 44.3 Å². The lowest BCUT2D eigenvalue weighted by Crippen LogP contribution is -2.59. The second kappa shape index (κ2) is 9.07. The van der Waals surface area contributed by atoms with Crippen LogP contribution in [-0.4, -0.2) is 49.6 Å². The minimum absolute atomic E-state index is 0.113. The van der Waals surface area contributed by atoms with E-state index in [0.29, 0.717) is 11.1 Å². The van der Waals surface area contributed by atoms with Crippen molar-refractivity contribution < 1.29 is 34.8 Å². The van der Waals surface area contributed by atoms with Gasteiger partial charge in [0.05, 0.1) is 11.7 Å². The number of benzene rings is 2. The van der Waals surface area contributed by atoms with Crippen molar-refractivity contribution in [3.63, 3.8) is 0 Å². The molecule has 0 heterocycles. The van der Waals surface area contributed by atoms with Gasteiger partial charge in [0.2, 0.25) is 0 Å². The van der Waals surface area contributed by atoms with E-state index in [4.69, 9.17) is 5.73 Å². The third-order valence-corrected chi connectivity index (χ3v) is 8.10. The van der Waals surface area contributed by atoms with Gasteiger partial charge in [-0.1, -0.05) is 63.2 Å². The van der Waals surface area contributed by atoms with E-state index in [-0.39, 0.29) is 16.5 Å². The van der Waals surface area contributed by atoms with Gasteiger partial charge in [0.25, 0.3) is 5.91 Å². The van der Waals surface area contributed by atoms with Crippen LogP contribution in [-0.2, 0) is 15.0 Å². The summed E-state index contributed by atoms with van der Waals surface area (Å²) in [5.74, 6) is -7.65. The number of aliphatic hydroxyl groups is 3. The minimum atomic E-state index is -2.84. The van der Waals surface area contributed by atoms with E-state index in [2.05, 4.69) is 25.9 Å². The molecule has 10 nitrogen and oxygen atoms in total. The molecule has 0 spiro atoms. The first-order valence-electron chi connectivity index (χ1n) is 12.7. The number of phenols is 1. The van der Waals surface area contributed by atoms with Gasteiger partial charge in [-0.05, 0) is 38.9 Å². The van der Waals surface area contributed by atoms with Gasteiger partial charge in [-0.2, -0.15) is 0 Å². The number of Topliss-reactive ketones (excluding diaryl/α,β-unsaturated/α-hetero) is 2. The van der Waals surface area contributed by atoms with Crippen LogP contribution < -0.4 is 5.73 Å². The molecule has 10 heteroatoms. The van der Waals surface area contributed by atoms with E-state index in [9.17, 15) is 39.7 Å². The number of carbonyl (C=O) groups excluding carboxylic acids is 3. The van der Waals surface area contributed by atoms with Crippen molar-refractivity contribution in [1.82, 2.24) is 0 Å². The van der Waals surface area contributed by atoms with Crippen LogP contribution in [0.5, 0.6) is 5.75 Å². The summed E-state index contributed by atoms with van der Waals surface area (Å²) in [5.41, 5.74) is 2.21. The van der Waals surface area contributed by atoms with Crippen molar-refractivity contribution in [2.24, 2.45) is 22.7 Å². The first-order chi connectivity index (χ1) is 18.7. The minimum Gasteiger partial charge on any atom is -0.508 e. The van der Waals surface area contributed by atoms with E-state index < -0.39 is 75.8 Å². The number of amides is 1. The van der Waals surface area contributed by atoms with E-state index in [1.54, 1.807) is 12.1 Å². The van der Waals surface area contributed by atoms with Gasteiger partial charge in [-0.15, -0.1) is 4.91 Å². The number of hydrogen-bond donors (Lipinski definition) is 5. The maximum absolute atomic E-state index is 13.8. The number of phenolic OH excluding ortho intramolecular Hbond substituents is 1. The highest BCUT2D eigenvalue weighted by Crippen LogP contribution is 2.56. The smallest absolute Gasteiger partial charge is 0.255 e. The number of ketones is 2. The van der Waals surface area contributed by atoms with Gasteiger partial charge >= 0.3 is 0 Å². The monoisotopic (exact) mass is 544 g/mol. The Morgan fingerprint density at radius 2 is 1.75 bits per heavy atom. The zero-order valence-electron chi connectivity index (χ0n) is 22.0. The second-order valence-electron chi connectivity index (χ2n) is 11.4. The van der Waals surface area contributed by atoms with Crippen molar-refractivity contribution in [1.29, 1.82) is 0 Å². The first kappa shape index (κ1) is 27.2. The molecule has 1 amide bonds. The number of nitroso groups, excluding NO2 is 1. The maximum Gasteiger partial charge on any atom is 0.255 e. The molecule has 0 fully saturated rings. The summed E-state index contributed by atoms with van der Waals surface area (Å²) < 4.78 is 0. The van der Waals surface area contributed by atoms with Gasteiger partial charge in [-0.25, -0.2) is 0 Å². The van der Waals surface area contributed by atoms with Crippen LogP contribution in [0.3, 0.4) is 0 Å². The Labute approximate surface area is 229 Å². The summed E-state index contributed by atoms with van der Waals surface area (Å²) in [6, 6.07) is 11.9. The maximum atomic E-state index is 13.8. The van der Waals surface area contributed by atoms with E-state index >= 15 is 0 Å². The van der Waals surface area contributed by atoms with Crippen molar-refractivity contribution in [2.75, 3.05) is 0 Å². The summed E-state index contributed by atoms with van der Waals surface area (Å²) in [6.45, 7) is 6.20. The molecule has 0 bridgehead atoms. The Balaban J connectivity index is 1.83. The molecule has 4 atom stereocenters. The van der Waals surface area contributed by atoms with Crippen LogP contribution in [0.25, 0.3) is 11.6 Å². The Morgan fingerprint density at radius 1 is 1.10 bits per heavy atom. The van der Waals surface area contributed by atoms with Crippen molar-refractivity contribution >= 4 is 29.1 Å². The standard InChI is InChI=1S/C30H28N2O8/c1-29(2,3)14-9-7-13(8-10-14)11-16-15-5-4-6-18(33)20(15)25(36)23-21(16)24(35)17-12-19(34)22(28(31)38)27(37)30(17,39)26(23)32-40/h4-11,17,21,24,33,35,37,39H,12H2,1-3H3,(H2,31,38)/b16-11+/t17-,21-,24-,30+/m1/s1. The number of nitrogens with zero attached hydrogens (tertiary/aromatic N) is 1. The summed E-state index contributed by atoms with van der Waals surface area (Å²) in [4.78, 5) is 50.8. The van der Waals surface area contributed by atoms with Crippen LogP contribution >= 0.6 is 0 Å². The summed E-state index contributed by atoms with van der Waals surface area (Å²) in [7, 11) is 0. The molecule has 0 radical (unpaired) electrons. The molecule has 0 aliphatic heterocycles. The van der Waals surface area contributed by atoms with E-state index in [1.165, 1.54) is 12.1 Å². The number of nitrogens with two attached hydrogens (primary N) is 1. The number of rotatable bonds is 3. The normalized spacial score (nSPS) is 27.3. The highest BCUT2D eigenvalue weighted by molar-refractivity contribution is 6.22. The molecule has 2 aromatic carbocycles. The summed E-state index contributed by atoms with van der Waals surface area (Å²) >= 11 is 0. The number of primary amides is 1. The molecule has 0 saturated heterocycles. The van der Waals surface area contributed by atoms with E-state index in [1.807, 2.05) is 24.3 Å². The second-order valence-corrected chi connectivity index (χ2v) is 11.4. The van der Waals surface area contributed by atoms with Gasteiger partial charge in [0.1, 0.15) is 22.8 Å². The Kier molecular flexibility index (Phi) is 6.16. The summed E-state index contributed by atoms with van der Waals surface area (Å²) in [6.07, 6.45) is -0.657. The molecule has 5 rings (SSSR count). The number of carbonyl (C=O) groups is 3. The van der Waals surface area contributed by atoms with Crippen LogP contribution in [0.1, 0.15) is 54.2 Å². The molecule has 0 unspecified atom stereocenters. The molecular formula is C30H28N2O8. The SMILES string of the molecule is CC(C)(C)c1ccc(/C=C2\c3cccc(O)c3C(=O)C3=C(N=O)[C@]4(O)C(O)=C(C(N)=O)C(=O)C[C@@H]4[C@@H](O)[C@@H]32)cc1. The zero-order chi connectivity index (χ0) is 29.3. The fourth-order valence-electron chi connectivity index (χ4n) is 6.07. The predicted molar refractivity (Wildman–Crippen MR) is 145 cm³/mol. The number of aliphatic hydroxyl groups excluding tert-OH is 2. The van der Waals surface area contributed by atoms with Crippen LogP contribution in [0, 0.1) is 16.7 Å². The largest absolute Gasteiger partial charge is 0.508 e. The molecule has 206 valence electrons. The molecule has 3 aliphatic rings. The predicted octanol–water partition coefficient (Wildman–Crippen LogP) is 3.06. The molecular weight excluding hydrogens is 516 g/mol. The lowest BCUT2D eigenvalue weighted by Gasteiger charge is -2.49. The third kappa shape index (κ3) is 3.75. The Hall–Kier alpha value is -4.41. The highest BCUT2D eigenvalue weighted by Gasteiger charge is 2.63. The number of fused-ring (bicyclic) bond motifs is 3. The molecule has 40 heavy (non-hydrogen) atoms. The summed E-state index contributed by atoms with van der Waals surface area (Å²) in [5, 5.41) is 47.8. The molecule has 3 aliphatic carbocycles. The van der Waals surface area contributed by atoms with E-state index in [0.717, 1.165) is 5.56 Å². The molecule has 0 saturated carbocycles. The average Bonchev–Trinajstić information content (AvgIpc) is 2.88. The fraction of sp³-hybridized carbons (Fsp3) is 0.300. The lowest BCUT2D eigenvalue weighted by atomic mass is 9.57. The lowest BCUT2D eigenvalue weighted by molar-refractivity contribution is -0.131. The van der Waals surface area contributed by atoms with Crippen LogP contribution in [0.2, 0.25) is 0 Å². The van der Waals surface area contributed by atoms with Crippen molar-refractivity contribution in [3.8, 4) is 5.75 Å². The molecule has 6 N–H and O–H groups in total.